The summed E-state index contributed by atoms with van der Waals surface area (Å²) in [5, 5.41) is 0.538. The van der Waals surface area contributed by atoms with E-state index in [4.69, 9.17) is 22.1 Å². The first-order valence-electron chi connectivity index (χ1n) is 6.17. The smallest absolute Gasteiger partial charge is 0.416 e. The van der Waals surface area contributed by atoms with Gasteiger partial charge >= 0.3 is 6.18 Å². The summed E-state index contributed by atoms with van der Waals surface area (Å²) in [6.07, 6.45) is -4.35. The van der Waals surface area contributed by atoms with Crippen molar-refractivity contribution in [2.24, 2.45) is 5.73 Å². The predicted octanol–water partition coefficient (Wildman–Crippen LogP) is 4.44. The first-order valence-corrected chi connectivity index (χ1v) is 6.55. The van der Waals surface area contributed by atoms with Gasteiger partial charge in [0.25, 0.3) is 0 Å². The van der Waals surface area contributed by atoms with Crippen molar-refractivity contribution in [2.75, 3.05) is 6.61 Å². The highest BCUT2D eigenvalue weighted by molar-refractivity contribution is 6.30. The second-order valence-corrected chi connectivity index (χ2v) is 4.93. The van der Waals surface area contributed by atoms with Gasteiger partial charge in [-0.05, 0) is 35.9 Å². The molecular weight excluding hydrogens is 303 g/mol. The minimum Gasteiger partial charge on any atom is -0.492 e. The maximum atomic E-state index is 12.5. The lowest BCUT2D eigenvalue weighted by molar-refractivity contribution is -0.137. The molecule has 0 saturated carbocycles. The number of hydrogen-bond donors (Lipinski definition) is 1. The first-order chi connectivity index (χ1) is 9.86. The average Bonchev–Trinajstić information content (AvgIpc) is 2.44. The van der Waals surface area contributed by atoms with Crippen LogP contribution >= 0.6 is 11.6 Å². The van der Waals surface area contributed by atoms with Crippen molar-refractivity contribution < 1.29 is 17.9 Å². The Labute approximate surface area is 125 Å². The Kier molecular flexibility index (Phi) is 4.75. The van der Waals surface area contributed by atoms with Gasteiger partial charge in [0.1, 0.15) is 12.4 Å². The molecule has 112 valence electrons. The van der Waals surface area contributed by atoms with E-state index < -0.39 is 17.8 Å². The van der Waals surface area contributed by atoms with Crippen LogP contribution in [0.2, 0.25) is 5.02 Å². The molecule has 21 heavy (non-hydrogen) atoms. The summed E-state index contributed by atoms with van der Waals surface area (Å²) in [7, 11) is 0. The van der Waals surface area contributed by atoms with Crippen LogP contribution in [0.4, 0.5) is 13.2 Å². The molecule has 0 spiro atoms. The lowest BCUT2D eigenvalue weighted by Gasteiger charge is -2.15. The van der Waals surface area contributed by atoms with E-state index in [1.807, 2.05) is 0 Å². The molecule has 6 heteroatoms. The molecule has 0 fully saturated rings. The van der Waals surface area contributed by atoms with Crippen LogP contribution in [0, 0.1) is 0 Å². The van der Waals surface area contributed by atoms with E-state index in [9.17, 15) is 13.2 Å². The second-order valence-electron chi connectivity index (χ2n) is 4.49. The van der Waals surface area contributed by atoms with Gasteiger partial charge in [0, 0.05) is 5.02 Å². The van der Waals surface area contributed by atoms with Gasteiger partial charge in [-0.25, -0.2) is 0 Å². The summed E-state index contributed by atoms with van der Waals surface area (Å²) >= 11 is 5.82. The molecule has 2 rings (SSSR count). The summed E-state index contributed by atoms with van der Waals surface area (Å²) < 4.78 is 42.8. The van der Waals surface area contributed by atoms with Gasteiger partial charge in [0.15, 0.2) is 0 Å². The van der Waals surface area contributed by atoms with Crippen LogP contribution in [0.1, 0.15) is 17.2 Å². The fourth-order valence-electron chi connectivity index (χ4n) is 1.76. The zero-order valence-electron chi connectivity index (χ0n) is 10.9. The largest absolute Gasteiger partial charge is 0.492 e. The van der Waals surface area contributed by atoms with E-state index >= 15 is 0 Å². The number of rotatable bonds is 4. The lowest BCUT2D eigenvalue weighted by atomic mass is 10.1. The number of benzene rings is 2. The summed E-state index contributed by atoms with van der Waals surface area (Å²) in [6, 6.07) is 11.0. The highest BCUT2D eigenvalue weighted by Gasteiger charge is 2.30. The van der Waals surface area contributed by atoms with Gasteiger partial charge in [-0.2, -0.15) is 13.2 Å². The molecule has 0 aliphatic rings. The van der Waals surface area contributed by atoms with Crippen molar-refractivity contribution in [1.82, 2.24) is 0 Å². The van der Waals surface area contributed by atoms with Gasteiger partial charge in [-0.15, -0.1) is 0 Å². The fourth-order valence-corrected chi connectivity index (χ4v) is 1.94. The number of halogens is 4. The molecule has 0 aliphatic carbocycles. The molecule has 0 amide bonds. The van der Waals surface area contributed by atoms with E-state index in [-0.39, 0.29) is 6.61 Å². The van der Waals surface area contributed by atoms with Crippen LogP contribution in [-0.2, 0) is 6.18 Å². The number of ether oxygens (including phenoxy) is 1. The van der Waals surface area contributed by atoms with E-state index in [1.165, 1.54) is 12.1 Å². The SMILES string of the molecule is NC(COc1cccc(Cl)c1)c1ccc(C(F)(F)F)cc1. The third-order valence-corrected chi connectivity index (χ3v) is 3.13. The van der Waals surface area contributed by atoms with Crippen molar-refractivity contribution in [3.63, 3.8) is 0 Å². The van der Waals surface area contributed by atoms with E-state index in [0.29, 0.717) is 16.3 Å². The Hall–Kier alpha value is -1.72. The maximum Gasteiger partial charge on any atom is 0.416 e. The third-order valence-electron chi connectivity index (χ3n) is 2.89. The van der Waals surface area contributed by atoms with Crippen LogP contribution in [0.3, 0.4) is 0 Å². The summed E-state index contributed by atoms with van der Waals surface area (Å²) in [5.74, 6) is 0.560. The Balaban J connectivity index is 1.99. The molecule has 1 unspecified atom stereocenters. The van der Waals surface area contributed by atoms with Gasteiger partial charge in [-0.1, -0.05) is 29.8 Å². The monoisotopic (exact) mass is 315 g/mol. The van der Waals surface area contributed by atoms with E-state index in [1.54, 1.807) is 24.3 Å². The van der Waals surface area contributed by atoms with Crippen molar-refractivity contribution >= 4 is 11.6 Å². The average molecular weight is 316 g/mol. The lowest BCUT2D eigenvalue weighted by Crippen LogP contribution is -2.19. The van der Waals surface area contributed by atoms with Crippen LogP contribution in [0.15, 0.2) is 48.5 Å². The molecule has 0 bridgehead atoms. The van der Waals surface area contributed by atoms with Crippen molar-refractivity contribution in [3.8, 4) is 5.75 Å². The fraction of sp³-hybridized carbons (Fsp3) is 0.200. The second kappa shape index (κ2) is 6.37. The molecule has 0 aromatic heterocycles. The Morgan fingerprint density at radius 1 is 1.10 bits per heavy atom. The number of nitrogens with two attached hydrogens (primary N) is 1. The summed E-state index contributed by atoms with van der Waals surface area (Å²) in [5.41, 5.74) is 5.78. The number of alkyl halides is 3. The molecular formula is C15H13ClF3NO. The van der Waals surface area contributed by atoms with Crippen LogP contribution in [-0.4, -0.2) is 6.61 Å². The Morgan fingerprint density at radius 3 is 2.33 bits per heavy atom. The van der Waals surface area contributed by atoms with Crippen molar-refractivity contribution in [1.29, 1.82) is 0 Å². The van der Waals surface area contributed by atoms with Crippen LogP contribution < -0.4 is 10.5 Å². The van der Waals surface area contributed by atoms with Crippen molar-refractivity contribution in [2.45, 2.75) is 12.2 Å². The van der Waals surface area contributed by atoms with Gasteiger partial charge in [0.05, 0.1) is 11.6 Å². The summed E-state index contributed by atoms with van der Waals surface area (Å²) in [4.78, 5) is 0. The zero-order valence-corrected chi connectivity index (χ0v) is 11.7. The van der Waals surface area contributed by atoms with Crippen LogP contribution in [0.25, 0.3) is 0 Å². The molecule has 2 aromatic rings. The normalized spacial score (nSPS) is 13.0. The molecule has 2 aromatic carbocycles. The Bertz CT molecular complexity index is 599. The van der Waals surface area contributed by atoms with E-state index in [0.717, 1.165) is 12.1 Å². The molecule has 0 aliphatic heterocycles. The molecule has 0 saturated heterocycles. The van der Waals surface area contributed by atoms with Gasteiger partial charge < -0.3 is 10.5 Å². The van der Waals surface area contributed by atoms with Gasteiger partial charge in [0.2, 0.25) is 0 Å². The molecule has 0 radical (unpaired) electrons. The van der Waals surface area contributed by atoms with Crippen molar-refractivity contribution in [3.05, 3.63) is 64.7 Å². The minimum absolute atomic E-state index is 0.145. The highest BCUT2D eigenvalue weighted by atomic mass is 35.5. The van der Waals surface area contributed by atoms with E-state index in [2.05, 4.69) is 0 Å². The molecule has 1 atom stereocenters. The summed E-state index contributed by atoms with van der Waals surface area (Å²) in [6.45, 7) is 0.145. The first kappa shape index (κ1) is 15.7. The third kappa shape index (κ3) is 4.37. The maximum absolute atomic E-state index is 12.5. The molecule has 2 nitrogen and oxygen atoms in total. The standard InChI is InChI=1S/C15H13ClF3NO/c16-12-2-1-3-13(8-12)21-9-14(20)10-4-6-11(7-5-10)15(17,18)19/h1-8,14H,9,20H2. The number of hydrogen-bond acceptors (Lipinski definition) is 2. The minimum atomic E-state index is -4.35. The molecule has 2 N–H and O–H groups in total. The zero-order chi connectivity index (χ0) is 15.5. The van der Waals surface area contributed by atoms with Gasteiger partial charge in [-0.3, -0.25) is 0 Å². The molecule has 0 heterocycles. The highest BCUT2D eigenvalue weighted by Crippen LogP contribution is 2.29. The van der Waals surface area contributed by atoms with Crippen LogP contribution in [0.5, 0.6) is 5.75 Å². The topological polar surface area (TPSA) is 35.2 Å². The quantitative estimate of drug-likeness (QED) is 0.905. The Morgan fingerprint density at radius 2 is 1.76 bits per heavy atom. The predicted molar refractivity (Wildman–Crippen MR) is 75.3 cm³/mol.